The Labute approximate surface area is 176 Å². The normalized spacial score (nSPS) is 11.3. The minimum absolute atomic E-state index is 1.25. The van der Waals surface area contributed by atoms with Crippen LogP contribution in [-0.4, -0.2) is 0 Å². The first-order valence-electron chi connectivity index (χ1n) is 10.4. The summed E-state index contributed by atoms with van der Waals surface area (Å²) in [5.74, 6) is 0. The van der Waals surface area contributed by atoms with Crippen LogP contribution in [0.2, 0.25) is 0 Å². The van der Waals surface area contributed by atoms with Crippen LogP contribution >= 0.6 is 0 Å². The molecule has 0 aromatic heterocycles. The topological polar surface area (TPSA) is 0 Å². The molecule has 0 N–H and O–H groups in total. The zero-order valence-corrected chi connectivity index (χ0v) is 16.5. The first kappa shape index (κ1) is 17.0. The summed E-state index contributed by atoms with van der Waals surface area (Å²) in [4.78, 5) is 0. The first-order chi connectivity index (χ1) is 14.9. The zero-order chi connectivity index (χ0) is 19.9. The van der Waals surface area contributed by atoms with Crippen molar-refractivity contribution in [1.29, 1.82) is 0 Å². The molecule has 0 nitrogen and oxygen atoms in total. The van der Waals surface area contributed by atoms with Crippen LogP contribution in [0.4, 0.5) is 0 Å². The molecule has 0 radical (unpaired) electrons. The summed E-state index contributed by atoms with van der Waals surface area (Å²) in [6.07, 6.45) is 0. The average Bonchev–Trinajstić information content (AvgIpc) is 2.82. The van der Waals surface area contributed by atoms with E-state index in [4.69, 9.17) is 0 Å². The quantitative estimate of drug-likeness (QED) is 0.282. The van der Waals surface area contributed by atoms with Crippen molar-refractivity contribution in [2.24, 2.45) is 0 Å². The standard InChI is InChI=1S/C30H20/c1-2-10-23-18-26(17-16-21(23)8-1)29-19-24-11-3-4-12-25(24)20-30(29)28-15-7-13-22-9-5-6-14-27(22)28/h1-20H. The molecule has 0 aliphatic carbocycles. The Morgan fingerprint density at radius 2 is 0.867 bits per heavy atom. The predicted octanol–water partition coefficient (Wildman–Crippen LogP) is 8.48. The highest BCUT2D eigenvalue weighted by Gasteiger charge is 2.12. The van der Waals surface area contributed by atoms with E-state index in [1.54, 1.807) is 0 Å². The van der Waals surface area contributed by atoms with Crippen LogP contribution in [0.25, 0.3) is 54.6 Å². The van der Waals surface area contributed by atoms with E-state index in [1.165, 1.54) is 54.6 Å². The van der Waals surface area contributed by atoms with Crippen molar-refractivity contribution in [2.75, 3.05) is 0 Å². The lowest BCUT2D eigenvalue weighted by Gasteiger charge is -2.15. The van der Waals surface area contributed by atoms with Gasteiger partial charge >= 0.3 is 0 Å². The summed E-state index contributed by atoms with van der Waals surface area (Å²) < 4.78 is 0. The van der Waals surface area contributed by atoms with Crippen LogP contribution in [0.5, 0.6) is 0 Å². The summed E-state index contributed by atoms with van der Waals surface area (Å²) in [5.41, 5.74) is 5.08. The van der Waals surface area contributed by atoms with Gasteiger partial charge in [-0.05, 0) is 72.8 Å². The zero-order valence-electron chi connectivity index (χ0n) is 16.5. The molecule has 30 heavy (non-hydrogen) atoms. The van der Waals surface area contributed by atoms with Gasteiger partial charge in [-0.1, -0.05) is 103 Å². The molecule has 0 fully saturated rings. The Morgan fingerprint density at radius 3 is 1.63 bits per heavy atom. The number of fused-ring (bicyclic) bond motifs is 3. The lowest BCUT2D eigenvalue weighted by molar-refractivity contribution is 1.64. The second-order valence-corrected chi connectivity index (χ2v) is 7.83. The first-order valence-corrected chi connectivity index (χ1v) is 10.4. The Kier molecular flexibility index (Phi) is 3.89. The fraction of sp³-hybridized carbons (Fsp3) is 0. The van der Waals surface area contributed by atoms with Gasteiger partial charge in [0.1, 0.15) is 0 Å². The van der Waals surface area contributed by atoms with Gasteiger partial charge < -0.3 is 0 Å². The molecule has 0 unspecified atom stereocenters. The number of rotatable bonds is 2. The van der Waals surface area contributed by atoms with Gasteiger partial charge in [0, 0.05) is 0 Å². The fourth-order valence-electron chi connectivity index (χ4n) is 4.52. The molecular weight excluding hydrogens is 360 g/mol. The van der Waals surface area contributed by atoms with Crippen molar-refractivity contribution >= 4 is 32.3 Å². The van der Waals surface area contributed by atoms with E-state index in [2.05, 4.69) is 121 Å². The smallest absolute Gasteiger partial charge is 0.00928 e. The van der Waals surface area contributed by atoms with Gasteiger partial charge in [0.15, 0.2) is 0 Å². The molecule has 0 saturated heterocycles. The Hall–Kier alpha value is -3.90. The highest BCUT2D eigenvalue weighted by molar-refractivity contribution is 6.05. The van der Waals surface area contributed by atoms with Crippen molar-refractivity contribution in [3.8, 4) is 22.3 Å². The van der Waals surface area contributed by atoms with Crippen LogP contribution in [-0.2, 0) is 0 Å². The van der Waals surface area contributed by atoms with Crippen molar-refractivity contribution in [2.45, 2.75) is 0 Å². The van der Waals surface area contributed by atoms with Crippen molar-refractivity contribution < 1.29 is 0 Å². The molecule has 0 atom stereocenters. The minimum Gasteiger partial charge on any atom is -0.0616 e. The summed E-state index contributed by atoms with van der Waals surface area (Å²) >= 11 is 0. The number of hydrogen-bond donors (Lipinski definition) is 0. The molecule has 6 aromatic carbocycles. The van der Waals surface area contributed by atoms with Crippen LogP contribution < -0.4 is 0 Å². The Balaban J connectivity index is 1.70. The molecule has 6 rings (SSSR count). The third-order valence-corrected chi connectivity index (χ3v) is 6.03. The SMILES string of the molecule is c1ccc2cc(-c3cc4ccccc4cc3-c3cccc4ccccc34)ccc2c1. The Bertz CT molecular complexity index is 1530. The van der Waals surface area contributed by atoms with E-state index >= 15 is 0 Å². The van der Waals surface area contributed by atoms with Crippen LogP contribution in [0.15, 0.2) is 121 Å². The molecule has 0 aliphatic heterocycles. The molecule has 0 aliphatic rings. The van der Waals surface area contributed by atoms with E-state index in [9.17, 15) is 0 Å². The molecule has 0 amide bonds. The van der Waals surface area contributed by atoms with Gasteiger partial charge in [-0.15, -0.1) is 0 Å². The van der Waals surface area contributed by atoms with Crippen molar-refractivity contribution in [3.63, 3.8) is 0 Å². The summed E-state index contributed by atoms with van der Waals surface area (Å²) in [6, 6.07) is 43.9. The summed E-state index contributed by atoms with van der Waals surface area (Å²) in [6.45, 7) is 0. The summed E-state index contributed by atoms with van der Waals surface area (Å²) in [5, 5.41) is 7.64. The van der Waals surface area contributed by atoms with Crippen molar-refractivity contribution in [3.05, 3.63) is 121 Å². The third-order valence-electron chi connectivity index (χ3n) is 6.03. The van der Waals surface area contributed by atoms with E-state index in [-0.39, 0.29) is 0 Å². The van der Waals surface area contributed by atoms with E-state index in [0.29, 0.717) is 0 Å². The van der Waals surface area contributed by atoms with Gasteiger partial charge in [0.25, 0.3) is 0 Å². The number of benzene rings is 6. The fourth-order valence-corrected chi connectivity index (χ4v) is 4.52. The highest BCUT2D eigenvalue weighted by Crippen LogP contribution is 2.39. The van der Waals surface area contributed by atoms with Gasteiger partial charge in [-0.3, -0.25) is 0 Å². The maximum Gasteiger partial charge on any atom is -0.00928 e. The minimum atomic E-state index is 1.25. The van der Waals surface area contributed by atoms with Gasteiger partial charge in [0.2, 0.25) is 0 Å². The van der Waals surface area contributed by atoms with Crippen LogP contribution in [0.1, 0.15) is 0 Å². The summed E-state index contributed by atoms with van der Waals surface area (Å²) in [7, 11) is 0. The lowest BCUT2D eigenvalue weighted by Crippen LogP contribution is -1.89. The maximum absolute atomic E-state index is 2.35. The Morgan fingerprint density at radius 1 is 0.300 bits per heavy atom. The highest BCUT2D eigenvalue weighted by atomic mass is 14.2. The molecular formula is C30H20. The predicted molar refractivity (Wildman–Crippen MR) is 130 cm³/mol. The van der Waals surface area contributed by atoms with E-state index < -0.39 is 0 Å². The maximum atomic E-state index is 2.35. The van der Waals surface area contributed by atoms with Crippen molar-refractivity contribution in [1.82, 2.24) is 0 Å². The molecule has 0 heteroatoms. The average molecular weight is 380 g/mol. The lowest BCUT2D eigenvalue weighted by atomic mass is 9.88. The van der Waals surface area contributed by atoms with Gasteiger partial charge in [0.05, 0.1) is 0 Å². The molecule has 140 valence electrons. The second kappa shape index (κ2) is 6.86. The monoisotopic (exact) mass is 380 g/mol. The van der Waals surface area contributed by atoms with Gasteiger partial charge in [-0.2, -0.15) is 0 Å². The second-order valence-electron chi connectivity index (χ2n) is 7.83. The molecule has 6 aromatic rings. The molecule has 0 bridgehead atoms. The largest absolute Gasteiger partial charge is 0.0616 e. The van der Waals surface area contributed by atoms with Gasteiger partial charge in [-0.25, -0.2) is 0 Å². The molecule has 0 saturated carbocycles. The van der Waals surface area contributed by atoms with E-state index in [1.807, 2.05) is 0 Å². The number of hydrogen-bond acceptors (Lipinski definition) is 0. The molecule has 0 spiro atoms. The molecule has 0 heterocycles. The van der Waals surface area contributed by atoms with Crippen LogP contribution in [0, 0.1) is 0 Å². The van der Waals surface area contributed by atoms with E-state index in [0.717, 1.165) is 0 Å². The third kappa shape index (κ3) is 2.77. The van der Waals surface area contributed by atoms with Crippen LogP contribution in [0.3, 0.4) is 0 Å².